The molecule has 14 heteroatoms. The quantitative estimate of drug-likeness (QED) is 0.131. The molecule has 3 rings (SSSR count). The summed E-state index contributed by atoms with van der Waals surface area (Å²) in [6.45, 7) is 11.1. The first-order valence-corrected chi connectivity index (χ1v) is 12.4. The summed E-state index contributed by atoms with van der Waals surface area (Å²) in [5.41, 5.74) is 6.38. The number of hydrazone groups is 1. The van der Waals surface area contributed by atoms with Crippen molar-refractivity contribution in [2.75, 3.05) is 55.7 Å². The topological polar surface area (TPSA) is 121 Å². The molecule has 1 aliphatic heterocycles. The van der Waals surface area contributed by atoms with Gasteiger partial charge in [0.1, 0.15) is 5.71 Å². The van der Waals surface area contributed by atoms with Gasteiger partial charge in [-0.05, 0) is 42.8 Å². The number of alkyl halides is 3. The van der Waals surface area contributed by atoms with Crippen LogP contribution in [0.5, 0.6) is 0 Å². The summed E-state index contributed by atoms with van der Waals surface area (Å²) in [6.07, 6.45) is -2.30. The molecule has 1 aromatic carbocycles. The zero-order valence-corrected chi connectivity index (χ0v) is 23.0. The van der Waals surface area contributed by atoms with Crippen LogP contribution >= 0.6 is 0 Å². The first-order valence-electron chi connectivity index (χ1n) is 12.4. The second-order valence-corrected chi connectivity index (χ2v) is 9.26. The van der Waals surface area contributed by atoms with Gasteiger partial charge in [0.15, 0.2) is 17.5 Å². The summed E-state index contributed by atoms with van der Waals surface area (Å²) in [7, 11) is 3.31. The highest BCUT2D eigenvalue weighted by Crippen LogP contribution is 2.35. The zero-order valence-electron chi connectivity index (χ0n) is 23.0. The molecule has 2 aromatic rings. The van der Waals surface area contributed by atoms with Crippen molar-refractivity contribution in [3.8, 4) is 0 Å². The van der Waals surface area contributed by atoms with Gasteiger partial charge in [0, 0.05) is 44.8 Å². The highest BCUT2D eigenvalue weighted by atomic mass is 19.4. The molecule has 0 radical (unpaired) electrons. The third-order valence-electron chi connectivity index (χ3n) is 5.83. The Bertz CT molecular complexity index is 1350. The van der Waals surface area contributed by atoms with Crippen LogP contribution in [0.4, 0.5) is 40.4 Å². The lowest BCUT2D eigenvalue weighted by Gasteiger charge is -2.29. The first-order chi connectivity index (χ1) is 19.3. The van der Waals surface area contributed by atoms with Crippen molar-refractivity contribution >= 4 is 34.4 Å². The van der Waals surface area contributed by atoms with Gasteiger partial charge in [-0.1, -0.05) is 13.2 Å². The van der Waals surface area contributed by atoms with Gasteiger partial charge >= 0.3 is 6.18 Å². The predicted octanol–water partition coefficient (Wildman–Crippen LogP) is 4.54. The number of nitrogens with one attached hydrogen (secondary N) is 1. The maximum atomic E-state index is 14.6. The second kappa shape index (κ2) is 13.3. The maximum absolute atomic E-state index is 14.6. The number of aromatic nitrogens is 1. The van der Waals surface area contributed by atoms with Crippen LogP contribution in [0.1, 0.15) is 12.5 Å². The van der Waals surface area contributed by atoms with E-state index in [0.29, 0.717) is 43.3 Å². The van der Waals surface area contributed by atoms with E-state index in [0.717, 1.165) is 23.5 Å². The molecule has 0 aliphatic carbocycles. The molecule has 1 fully saturated rings. The molecule has 2 heterocycles. The monoisotopic (exact) mass is 575 g/mol. The average molecular weight is 576 g/mol. The lowest BCUT2D eigenvalue weighted by molar-refractivity contribution is -0.137. The van der Waals surface area contributed by atoms with Gasteiger partial charge in [-0.2, -0.15) is 23.4 Å². The SMILES string of the molecule is C=C(C)/C(=N\N(N)c1ccc(Nc2cc(N(C)C)cc(C(F)(F)F)c2)cn1)C(=C)N=C(/C(F)=C\N)N1CCOCC1. The van der Waals surface area contributed by atoms with Crippen LogP contribution in [0.25, 0.3) is 0 Å². The fourth-order valence-corrected chi connectivity index (χ4v) is 3.72. The molecule has 0 spiro atoms. The highest BCUT2D eigenvalue weighted by molar-refractivity contribution is 6.13. The molecule has 0 saturated carbocycles. The summed E-state index contributed by atoms with van der Waals surface area (Å²) < 4.78 is 60.1. The summed E-state index contributed by atoms with van der Waals surface area (Å²) in [5.74, 6) is 5.57. The molecule has 1 saturated heterocycles. The summed E-state index contributed by atoms with van der Waals surface area (Å²) in [6, 6.07) is 6.77. The number of aliphatic imine (C=N–C) groups is 1. The van der Waals surface area contributed by atoms with Crippen molar-refractivity contribution in [3.05, 3.63) is 78.5 Å². The van der Waals surface area contributed by atoms with Gasteiger partial charge < -0.3 is 25.6 Å². The second-order valence-electron chi connectivity index (χ2n) is 9.26. The molecule has 5 N–H and O–H groups in total. The predicted molar refractivity (Wildman–Crippen MR) is 155 cm³/mol. The number of hydrazine groups is 1. The van der Waals surface area contributed by atoms with E-state index in [-0.39, 0.29) is 28.7 Å². The smallest absolute Gasteiger partial charge is 0.402 e. The van der Waals surface area contributed by atoms with E-state index >= 15 is 0 Å². The standard InChI is InChI=1S/C27H33F4N9O/c1-17(2)25(18(3)35-26(23(28)15-32)39-8-10-41-11-9-39)37-40(33)24-7-6-20(16-34-24)36-21-12-19(27(29,30)31)13-22(14-21)38(4)5/h6-7,12-16,36H,1,3,8-11,32-33H2,2,4-5H3/b23-15+,35-26?,37-25+. The first kappa shape index (κ1) is 31.1. The van der Waals surface area contributed by atoms with E-state index < -0.39 is 17.6 Å². The Morgan fingerprint density at radius 2 is 1.83 bits per heavy atom. The van der Waals surface area contributed by atoms with Crippen LogP contribution in [0.2, 0.25) is 0 Å². The number of nitrogens with zero attached hydrogens (tertiary/aromatic N) is 6. The number of amidine groups is 1. The van der Waals surface area contributed by atoms with Gasteiger partial charge in [0.05, 0.1) is 36.4 Å². The van der Waals surface area contributed by atoms with Gasteiger partial charge in [-0.25, -0.2) is 20.2 Å². The molecule has 0 amide bonds. The van der Waals surface area contributed by atoms with Gasteiger partial charge in [-0.15, -0.1) is 0 Å². The van der Waals surface area contributed by atoms with Crippen LogP contribution in [0, 0.1) is 0 Å². The highest BCUT2D eigenvalue weighted by Gasteiger charge is 2.31. The molecule has 220 valence electrons. The van der Waals surface area contributed by atoms with Gasteiger partial charge in [0.2, 0.25) is 0 Å². The molecule has 0 bridgehead atoms. The van der Waals surface area contributed by atoms with Crippen molar-refractivity contribution < 1.29 is 22.3 Å². The number of rotatable bonds is 9. The average Bonchev–Trinajstić information content (AvgIpc) is 2.94. The van der Waals surface area contributed by atoms with E-state index in [2.05, 4.69) is 33.6 Å². The Morgan fingerprint density at radius 1 is 1.15 bits per heavy atom. The molecule has 41 heavy (non-hydrogen) atoms. The maximum Gasteiger partial charge on any atom is 0.416 e. The minimum atomic E-state index is -4.51. The fourth-order valence-electron chi connectivity index (χ4n) is 3.72. The molecule has 1 aromatic heterocycles. The Hall–Kier alpha value is -4.43. The number of anilines is 4. The number of hydrogen-bond acceptors (Lipinski definition) is 9. The Balaban J connectivity index is 1.83. The number of benzene rings is 1. The number of allylic oxidation sites excluding steroid dienone is 1. The number of morpholine rings is 1. The normalized spacial score (nSPS) is 15.0. The number of nitrogens with two attached hydrogens (primary N) is 2. The molecule has 0 atom stereocenters. The van der Waals surface area contributed by atoms with Crippen molar-refractivity contribution in [1.29, 1.82) is 0 Å². The zero-order chi connectivity index (χ0) is 30.3. The summed E-state index contributed by atoms with van der Waals surface area (Å²) in [5, 5.41) is 8.20. The van der Waals surface area contributed by atoms with E-state index in [1.165, 1.54) is 12.3 Å². The fraction of sp³-hybridized carbons (Fsp3) is 0.296. The van der Waals surface area contributed by atoms with Crippen LogP contribution < -0.4 is 26.9 Å². The van der Waals surface area contributed by atoms with Crippen molar-refractivity contribution in [2.45, 2.75) is 13.1 Å². The van der Waals surface area contributed by atoms with Gasteiger partial charge in [0.25, 0.3) is 0 Å². The molecular formula is C27H33F4N9O. The van der Waals surface area contributed by atoms with Crippen LogP contribution in [0.3, 0.4) is 0 Å². The van der Waals surface area contributed by atoms with Gasteiger partial charge in [-0.3, -0.25) is 0 Å². The van der Waals surface area contributed by atoms with Crippen molar-refractivity contribution in [1.82, 2.24) is 9.88 Å². The molecule has 10 nitrogen and oxygen atoms in total. The third kappa shape index (κ3) is 8.28. The largest absolute Gasteiger partial charge is 0.416 e. The van der Waals surface area contributed by atoms with E-state index in [1.807, 2.05) is 0 Å². The lowest BCUT2D eigenvalue weighted by Crippen LogP contribution is -2.41. The van der Waals surface area contributed by atoms with E-state index in [9.17, 15) is 17.6 Å². The lowest BCUT2D eigenvalue weighted by atomic mass is 10.1. The molecular weight excluding hydrogens is 542 g/mol. The van der Waals surface area contributed by atoms with E-state index in [4.69, 9.17) is 16.3 Å². The Morgan fingerprint density at radius 3 is 2.37 bits per heavy atom. The van der Waals surface area contributed by atoms with Crippen molar-refractivity contribution in [3.63, 3.8) is 0 Å². The summed E-state index contributed by atoms with van der Waals surface area (Å²) in [4.78, 5) is 11.8. The number of hydrogen-bond donors (Lipinski definition) is 3. The number of pyridine rings is 1. The van der Waals surface area contributed by atoms with Crippen molar-refractivity contribution in [2.24, 2.45) is 21.7 Å². The van der Waals surface area contributed by atoms with Crippen LogP contribution in [-0.4, -0.2) is 61.8 Å². The van der Waals surface area contributed by atoms with E-state index in [1.54, 1.807) is 43.0 Å². The Labute approximate surface area is 235 Å². The molecule has 1 aliphatic rings. The number of ether oxygens (including phenoxy) is 1. The minimum absolute atomic E-state index is 0.0149. The Kier molecular flexibility index (Phi) is 10.1. The molecule has 0 unspecified atom stereocenters. The summed E-state index contributed by atoms with van der Waals surface area (Å²) >= 11 is 0. The van der Waals surface area contributed by atoms with Crippen LogP contribution in [0.15, 0.2) is 83.1 Å². The number of halogens is 4. The minimum Gasteiger partial charge on any atom is -0.402 e. The third-order valence-corrected chi connectivity index (χ3v) is 5.83. The van der Waals surface area contributed by atoms with Crippen LogP contribution in [-0.2, 0) is 10.9 Å².